The summed E-state index contributed by atoms with van der Waals surface area (Å²) in [4.78, 5) is 13.4. The van der Waals surface area contributed by atoms with Crippen molar-refractivity contribution in [3.05, 3.63) is 119 Å². The fourth-order valence-corrected chi connectivity index (χ4v) is 5.26. The lowest BCUT2D eigenvalue weighted by Gasteiger charge is -2.24. The number of aromatic carboxylic acids is 1. The van der Waals surface area contributed by atoms with Crippen LogP contribution >= 0.6 is 23.4 Å². The first kappa shape index (κ1) is 28.5. The molecule has 0 unspecified atom stereocenters. The Morgan fingerprint density at radius 1 is 1.00 bits per heavy atom. The smallest absolute Gasteiger partial charge is 0.335 e. The zero-order valence-electron chi connectivity index (χ0n) is 22.1. The van der Waals surface area contributed by atoms with Gasteiger partial charge >= 0.3 is 5.97 Å². The highest BCUT2D eigenvalue weighted by atomic mass is 35.5. The first-order chi connectivity index (χ1) is 19.0. The van der Waals surface area contributed by atoms with Crippen LogP contribution in [0.5, 0.6) is 0 Å². The van der Waals surface area contributed by atoms with Gasteiger partial charge < -0.3 is 14.6 Å². The van der Waals surface area contributed by atoms with Crippen LogP contribution in [0.25, 0.3) is 0 Å². The Morgan fingerprint density at radius 3 is 2.31 bits per heavy atom. The van der Waals surface area contributed by atoms with Crippen LogP contribution in [0.4, 0.5) is 5.69 Å². The van der Waals surface area contributed by atoms with Gasteiger partial charge in [-0.1, -0.05) is 79.2 Å². The van der Waals surface area contributed by atoms with Gasteiger partial charge in [0.2, 0.25) is 0 Å². The molecule has 0 aliphatic heterocycles. The third kappa shape index (κ3) is 7.97. The standard InChI is InChI=1S/C31H33ClN4O2S/c1-3-5-6-29-33-34-31(39-22-25-9-15-27(32)16-10-25)36(29)21-24-11-17-28(18-12-24)35(19-4-2)20-23-7-13-26(14-8-23)30(37)38/h4,7-18H,2-3,5-6,19-22H2,1H3,(H,37,38). The summed E-state index contributed by atoms with van der Waals surface area (Å²) in [6.45, 7) is 8.14. The van der Waals surface area contributed by atoms with Gasteiger partial charge in [-0.05, 0) is 59.5 Å². The van der Waals surface area contributed by atoms with Crippen LogP contribution < -0.4 is 4.90 Å². The number of benzene rings is 3. The minimum atomic E-state index is -0.919. The monoisotopic (exact) mass is 560 g/mol. The SMILES string of the molecule is C=CCN(Cc1ccc(C(=O)O)cc1)c1ccc(Cn2c(CCCC)nnc2SCc2ccc(Cl)cc2)cc1. The van der Waals surface area contributed by atoms with E-state index in [4.69, 9.17) is 16.7 Å². The highest BCUT2D eigenvalue weighted by Crippen LogP contribution is 2.25. The summed E-state index contributed by atoms with van der Waals surface area (Å²) in [5.41, 5.74) is 4.77. The number of hydrogen-bond acceptors (Lipinski definition) is 5. The van der Waals surface area contributed by atoms with Crippen LogP contribution in [0, 0.1) is 0 Å². The number of aromatic nitrogens is 3. The molecule has 1 aromatic heterocycles. The molecule has 39 heavy (non-hydrogen) atoms. The van der Waals surface area contributed by atoms with E-state index < -0.39 is 5.97 Å². The molecule has 0 fully saturated rings. The number of rotatable bonds is 14. The molecule has 1 heterocycles. The predicted octanol–water partition coefficient (Wildman–Crippen LogP) is 7.51. The van der Waals surface area contributed by atoms with Crippen LogP contribution in [-0.2, 0) is 25.3 Å². The molecule has 0 bridgehead atoms. The van der Waals surface area contributed by atoms with E-state index in [9.17, 15) is 4.79 Å². The fraction of sp³-hybridized carbons (Fsp3) is 0.258. The molecule has 202 valence electrons. The predicted molar refractivity (Wildman–Crippen MR) is 160 cm³/mol. The lowest BCUT2D eigenvalue weighted by Crippen LogP contribution is -2.22. The average Bonchev–Trinajstić information content (AvgIpc) is 3.33. The van der Waals surface area contributed by atoms with E-state index in [-0.39, 0.29) is 5.56 Å². The van der Waals surface area contributed by atoms with Gasteiger partial charge in [-0.2, -0.15) is 0 Å². The Bertz CT molecular complexity index is 1370. The van der Waals surface area contributed by atoms with E-state index in [0.717, 1.165) is 52.3 Å². The maximum Gasteiger partial charge on any atom is 0.335 e. The Kier molecular flexibility index (Phi) is 10.2. The van der Waals surface area contributed by atoms with Crippen molar-refractivity contribution < 1.29 is 9.90 Å². The van der Waals surface area contributed by atoms with Gasteiger partial charge in [0.25, 0.3) is 0 Å². The van der Waals surface area contributed by atoms with Crippen LogP contribution in [0.15, 0.2) is 90.6 Å². The van der Waals surface area contributed by atoms with Crippen LogP contribution in [0.3, 0.4) is 0 Å². The van der Waals surface area contributed by atoms with E-state index in [1.165, 1.54) is 11.1 Å². The van der Waals surface area contributed by atoms with Gasteiger partial charge in [0.05, 0.1) is 12.1 Å². The minimum Gasteiger partial charge on any atom is -0.478 e. The van der Waals surface area contributed by atoms with Gasteiger partial charge in [0.1, 0.15) is 5.82 Å². The normalized spacial score (nSPS) is 10.9. The minimum absolute atomic E-state index is 0.288. The van der Waals surface area contributed by atoms with Gasteiger partial charge in [0, 0.05) is 36.0 Å². The molecular weight excluding hydrogens is 528 g/mol. The number of nitrogens with zero attached hydrogens (tertiary/aromatic N) is 4. The Hall–Kier alpha value is -3.55. The summed E-state index contributed by atoms with van der Waals surface area (Å²) in [7, 11) is 0. The first-order valence-corrected chi connectivity index (χ1v) is 14.4. The molecule has 0 spiro atoms. The van der Waals surface area contributed by atoms with Crippen LogP contribution in [0.2, 0.25) is 5.02 Å². The number of unbranched alkanes of at least 4 members (excludes halogenated alkanes) is 1. The second-order valence-electron chi connectivity index (χ2n) is 9.34. The Morgan fingerprint density at radius 2 is 1.67 bits per heavy atom. The van der Waals surface area contributed by atoms with Gasteiger partial charge in [-0.15, -0.1) is 16.8 Å². The number of hydrogen-bond donors (Lipinski definition) is 1. The molecule has 0 aliphatic rings. The van der Waals surface area contributed by atoms with Crippen molar-refractivity contribution in [2.75, 3.05) is 11.4 Å². The zero-order valence-corrected chi connectivity index (χ0v) is 23.7. The number of carboxylic acids is 1. The van der Waals surface area contributed by atoms with E-state index in [2.05, 4.69) is 57.4 Å². The largest absolute Gasteiger partial charge is 0.478 e. The third-order valence-corrected chi connectivity index (χ3v) is 7.68. The lowest BCUT2D eigenvalue weighted by molar-refractivity contribution is 0.0697. The molecule has 6 nitrogen and oxygen atoms in total. The van der Waals surface area contributed by atoms with Crippen molar-refractivity contribution in [2.45, 2.75) is 50.2 Å². The van der Waals surface area contributed by atoms with Gasteiger partial charge in [-0.25, -0.2) is 4.79 Å². The molecule has 4 rings (SSSR count). The molecule has 0 atom stereocenters. The van der Waals surface area contributed by atoms with Gasteiger partial charge in [0.15, 0.2) is 5.16 Å². The summed E-state index contributed by atoms with van der Waals surface area (Å²) in [6.07, 6.45) is 4.95. The summed E-state index contributed by atoms with van der Waals surface area (Å²) in [5, 5.41) is 19.9. The summed E-state index contributed by atoms with van der Waals surface area (Å²) in [6, 6.07) is 23.5. The molecular formula is C31H33ClN4O2S. The quantitative estimate of drug-likeness (QED) is 0.127. The maximum absolute atomic E-state index is 11.2. The zero-order chi connectivity index (χ0) is 27.6. The molecule has 4 aromatic rings. The molecule has 8 heteroatoms. The molecule has 1 N–H and O–H groups in total. The number of aryl methyl sites for hydroxylation is 1. The number of thioether (sulfide) groups is 1. The van der Waals surface area contributed by atoms with E-state index in [0.29, 0.717) is 19.6 Å². The first-order valence-electron chi connectivity index (χ1n) is 13.0. The second-order valence-corrected chi connectivity index (χ2v) is 10.7. The number of halogens is 1. The fourth-order valence-electron chi connectivity index (χ4n) is 4.22. The summed E-state index contributed by atoms with van der Waals surface area (Å²) in [5.74, 6) is 0.890. The summed E-state index contributed by atoms with van der Waals surface area (Å²) >= 11 is 7.73. The van der Waals surface area contributed by atoms with Crippen molar-refractivity contribution in [1.29, 1.82) is 0 Å². The van der Waals surface area contributed by atoms with Crippen molar-refractivity contribution in [3.63, 3.8) is 0 Å². The van der Waals surface area contributed by atoms with Crippen LogP contribution in [0.1, 0.15) is 52.6 Å². The molecule has 0 saturated heterocycles. The molecule has 0 radical (unpaired) electrons. The van der Waals surface area contributed by atoms with E-state index >= 15 is 0 Å². The maximum atomic E-state index is 11.2. The molecule has 3 aromatic carbocycles. The van der Waals surface area contributed by atoms with Crippen LogP contribution in [-0.4, -0.2) is 32.4 Å². The van der Waals surface area contributed by atoms with Crippen molar-refractivity contribution >= 4 is 35.0 Å². The van der Waals surface area contributed by atoms with E-state index in [1.807, 2.05) is 42.5 Å². The third-order valence-electron chi connectivity index (χ3n) is 6.39. The molecule has 0 aliphatic carbocycles. The molecule has 0 saturated carbocycles. The Balaban J connectivity index is 1.49. The van der Waals surface area contributed by atoms with Gasteiger partial charge in [-0.3, -0.25) is 0 Å². The van der Waals surface area contributed by atoms with Crippen molar-refractivity contribution in [1.82, 2.24) is 14.8 Å². The lowest BCUT2D eigenvalue weighted by atomic mass is 10.1. The number of anilines is 1. The topological polar surface area (TPSA) is 71.2 Å². The van der Waals surface area contributed by atoms with E-state index in [1.54, 1.807) is 23.9 Å². The average molecular weight is 561 g/mol. The summed E-state index contributed by atoms with van der Waals surface area (Å²) < 4.78 is 2.23. The van der Waals surface area contributed by atoms with Crippen molar-refractivity contribution in [2.24, 2.45) is 0 Å². The highest BCUT2D eigenvalue weighted by molar-refractivity contribution is 7.98. The Labute approximate surface area is 239 Å². The van der Waals surface area contributed by atoms with Crippen molar-refractivity contribution in [3.8, 4) is 0 Å². The highest BCUT2D eigenvalue weighted by Gasteiger charge is 2.14. The molecule has 0 amide bonds. The second kappa shape index (κ2) is 14.0. The number of carboxylic acid groups (broad SMARTS) is 1. The number of carbonyl (C=O) groups is 1.